The molecule has 2 aromatic carbocycles. The van der Waals surface area contributed by atoms with Crippen LogP contribution in [0.1, 0.15) is 12.8 Å². The van der Waals surface area contributed by atoms with Gasteiger partial charge in [0.1, 0.15) is 5.82 Å². The van der Waals surface area contributed by atoms with Gasteiger partial charge in [0.25, 0.3) is 0 Å². The third kappa shape index (κ3) is 3.94. The average molecular weight is 421 g/mol. The first-order valence-corrected chi connectivity index (χ1v) is 10.3. The molecule has 2 aromatic heterocycles. The first kappa shape index (κ1) is 18.8. The summed E-state index contributed by atoms with van der Waals surface area (Å²) in [5, 5.41) is 12.8. The molecule has 2 N–H and O–H groups in total. The average Bonchev–Trinajstić information content (AvgIpc) is 3.44. The Balaban J connectivity index is 1.54. The number of nitrogens with zero attached hydrogens (tertiary/aromatic N) is 4. The van der Waals surface area contributed by atoms with Gasteiger partial charge in [0.15, 0.2) is 5.65 Å². The molecule has 0 bridgehead atoms. The Hall–Kier alpha value is -3.16. The number of benzene rings is 2. The van der Waals surface area contributed by atoms with Crippen molar-refractivity contribution in [2.24, 2.45) is 0 Å². The predicted octanol–water partition coefficient (Wildman–Crippen LogP) is 4.80. The van der Waals surface area contributed by atoms with Crippen molar-refractivity contribution in [2.45, 2.75) is 18.9 Å². The SMILES string of the molecule is Clc1ccc(Nc2nc(NC[C@@H]3CCCO3)nc3c2cnn3-c2ccccc2)cc1. The molecule has 0 spiro atoms. The van der Waals surface area contributed by atoms with Crippen molar-refractivity contribution in [3.63, 3.8) is 0 Å². The fourth-order valence-corrected chi connectivity index (χ4v) is 3.65. The molecule has 1 aliphatic heterocycles. The summed E-state index contributed by atoms with van der Waals surface area (Å²) in [5.41, 5.74) is 2.55. The van der Waals surface area contributed by atoms with Gasteiger partial charge >= 0.3 is 0 Å². The lowest BCUT2D eigenvalue weighted by molar-refractivity contribution is 0.120. The fourth-order valence-electron chi connectivity index (χ4n) is 3.52. The van der Waals surface area contributed by atoms with Gasteiger partial charge in [-0.1, -0.05) is 29.8 Å². The van der Waals surface area contributed by atoms with Gasteiger partial charge in [0.05, 0.1) is 23.4 Å². The van der Waals surface area contributed by atoms with Crippen LogP contribution in [0.15, 0.2) is 60.8 Å². The number of para-hydroxylation sites is 1. The van der Waals surface area contributed by atoms with Gasteiger partial charge in [0.2, 0.25) is 5.95 Å². The zero-order chi connectivity index (χ0) is 20.3. The van der Waals surface area contributed by atoms with Crippen LogP contribution in [0.5, 0.6) is 0 Å². The van der Waals surface area contributed by atoms with Crippen LogP contribution in [-0.2, 0) is 4.74 Å². The highest BCUT2D eigenvalue weighted by molar-refractivity contribution is 6.30. The molecule has 1 aliphatic rings. The summed E-state index contributed by atoms with van der Waals surface area (Å²) >= 11 is 6.02. The zero-order valence-electron chi connectivity index (χ0n) is 16.3. The molecule has 4 aromatic rings. The van der Waals surface area contributed by atoms with Gasteiger partial charge in [-0.05, 0) is 49.2 Å². The Bertz CT molecular complexity index is 1140. The first-order valence-electron chi connectivity index (χ1n) is 9.95. The second kappa shape index (κ2) is 8.30. The number of ether oxygens (including phenoxy) is 1. The van der Waals surface area contributed by atoms with Crippen molar-refractivity contribution in [2.75, 3.05) is 23.8 Å². The van der Waals surface area contributed by atoms with E-state index in [1.54, 1.807) is 6.20 Å². The molecule has 152 valence electrons. The molecule has 0 saturated carbocycles. The van der Waals surface area contributed by atoms with E-state index >= 15 is 0 Å². The lowest BCUT2D eigenvalue weighted by Gasteiger charge is -2.13. The summed E-state index contributed by atoms with van der Waals surface area (Å²) in [6.45, 7) is 1.49. The highest BCUT2D eigenvalue weighted by Gasteiger charge is 2.18. The summed E-state index contributed by atoms with van der Waals surface area (Å²) in [5.74, 6) is 1.21. The third-order valence-electron chi connectivity index (χ3n) is 5.05. The zero-order valence-corrected chi connectivity index (χ0v) is 17.0. The molecule has 0 aliphatic carbocycles. The molecule has 1 saturated heterocycles. The van der Waals surface area contributed by atoms with Gasteiger partial charge in [-0.25, -0.2) is 4.68 Å². The van der Waals surface area contributed by atoms with Crippen LogP contribution in [0.2, 0.25) is 5.02 Å². The molecule has 5 rings (SSSR count). The van der Waals surface area contributed by atoms with E-state index in [2.05, 4.69) is 15.7 Å². The maximum Gasteiger partial charge on any atom is 0.226 e. The largest absolute Gasteiger partial charge is 0.376 e. The van der Waals surface area contributed by atoms with E-state index in [1.165, 1.54) is 0 Å². The maximum absolute atomic E-state index is 6.02. The second-order valence-corrected chi connectivity index (χ2v) is 7.61. The van der Waals surface area contributed by atoms with Crippen molar-refractivity contribution >= 4 is 40.1 Å². The minimum Gasteiger partial charge on any atom is -0.376 e. The molecule has 0 amide bonds. The fraction of sp³-hybridized carbons (Fsp3) is 0.227. The number of anilines is 3. The smallest absolute Gasteiger partial charge is 0.226 e. The van der Waals surface area contributed by atoms with E-state index in [4.69, 9.17) is 26.3 Å². The molecule has 7 nitrogen and oxygen atoms in total. The third-order valence-corrected chi connectivity index (χ3v) is 5.30. The number of fused-ring (bicyclic) bond motifs is 1. The molecule has 0 radical (unpaired) electrons. The molecule has 8 heteroatoms. The van der Waals surface area contributed by atoms with E-state index < -0.39 is 0 Å². The Morgan fingerprint density at radius 1 is 1.07 bits per heavy atom. The lowest BCUT2D eigenvalue weighted by Crippen LogP contribution is -2.20. The molecule has 0 unspecified atom stereocenters. The van der Waals surface area contributed by atoms with E-state index in [-0.39, 0.29) is 6.10 Å². The van der Waals surface area contributed by atoms with Gasteiger partial charge in [0, 0.05) is 23.9 Å². The quantitative estimate of drug-likeness (QED) is 0.466. The second-order valence-electron chi connectivity index (χ2n) is 7.17. The number of nitrogens with one attached hydrogen (secondary N) is 2. The summed E-state index contributed by atoms with van der Waals surface area (Å²) in [7, 11) is 0. The van der Waals surface area contributed by atoms with Gasteiger partial charge < -0.3 is 15.4 Å². The first-order chi connectivity index (χ1) is 14.8. The number of halogens is 1. The standard InChI is InChI=1S/C22H21ClN6O/c23-15-8-10-16(11-9-15)26-20-19-14-25-29(17-5-2-1-3-6-17)21(19)28-22(27-20)24-13-18-7-4-12-30-18/h1-3,5-6,8-11,14,18H,4,7,12-13H2,(H2,24,26,27,28)/t18-/m0/s1. The molecule has 3 heterocycles. The van der Waals surface area contributed by atoms with Crippen LogP contribution in [-0.4, -0.2) is 39.0 Å². The minimum atomic E-state index is 0.191. The summed E-state index contributed by atoms with van der Waals surface area (Å²) in [4.78, 5) is 9.46. The van der Waals surface area contributed by atoms with Crippen molar-refractivity contribution in [3.05, 3.63) is 65.8 Å². The summed E-state index contributed by atoms with van der Waals surface area (Å²) in [6, 6.07) is 17.4. The molecule has 1 atom stereocenters. The van der Waals surface area contributed by atoms with E-state index in [9.17, 15) is 0 Å². The van der Waals surface area contributed by atoms with E-state index in [1.807, 2.05) is 59.3 Å². The lowest BCUT2D eigenvalue weighted by atomic mass is 10.2. The van der Waals surface area contributed by atoms with Crippen LogP contribution in [0.4, 0.5) is 17.5 Å². The number of hydrogen-bond donors (Lipinski definition) is 2. The van der Waals surface area contributed by atoms with Crippen molar-refractivity contribution in [1.82, 2.24) is 19.7 Å². The van der Waals surface area contributed by atoms with Crippen molar-refractivity contribution in [1.29, 1.82) is 0 Å². The monoisotopic (exact) mass is 420 g/mol. The molecular weight excluding hydrogens is 400 g/mol. The van der Waals surface area contributed by atoms with Crippen LogP contribution in [0.3, 0.4) is 0 Å². The Morgan fingerprint density at radius 3 is 2.67 bits per heavy atom. The van der Waals surface area contributed by atoms with Crippen LogP contribution < -0.4 is 10.6 Å². The number of aromatic nitrogens is 4. The Morgan fingerprint density at radius 2 is 1.90 bits per heavy atom. The van der Waals surface area contributed by atoms with Crippen molar-refractivity contribution in [3.8, 4) is 5.69 Å². The topological polar surface area (TPSA) is 76.9 Å². The highest BCUT2D eigenvalue weighted by atomic mass is 35.5. The molecule has 30 heavy (non-hydrogen) atoms. The molecular formula is C22H21ClN6O. The molecule has 1 fully saturated rings. The Kier molecular flexibility index (Phi) is 5.21. The minimum absolute atomic E-state index is 0.191. The Labute approximate surface area is 179 Å². The normalized spacial score (nSPS) is 16.1. The number of hydrogen-bond acceptors (Lipinski definition) is 6. The van der Waals surface area contributed by atoms with Crippen molar-refractivity contribution < 1.29 is 4.74 Å². The van der Waals surface area contributed by atoms with Gasteiger partial charge in [-0.3, -0.25) is 0 Å². The van der Waals surface area contributed by atoms with Gasteiger partial charge in [-0.2, -0.15) is 15.1 Å². The highest BCUT2D eigenvalue weighted by Crippen LogP contribution is 2.27. The van der Waals surface area contributed by atoms with Crippen LogP contribution in [0, 0.1) is 0 Å². The van der Waals surface area contributed by atoms with Crippen LogP contribution >= 0.6 is 11.6 Å². The predicted molar refractivity (Wildman–Crippen MR) is 119 cm³/mol. The maximum atomic E-state index is 6.02. The number of rotatable bonds is 6. The summed E-state index contributed by atoms with van der Waals surface area (Å²) in [6.07, 6.45) is 4.12. The summed E-state index contributed by atoms with van der Waals surface area (Å²) < 4.78 is 7.53. The van der Waals surface area contributed by atoms with Crippen LogP contribution in [0.25, 0.3) is 16.7 Å². The van der Waals surface area contributed by atoms with E-state index in [0.29, 0.717) is 23.3 Å². The van der Waals surface area contributed by atoms with E-state index in [0.717, 1.165) is 41.9 Å². The van der Waals surface area contributed by atoms with Gasteiger partial charge in [-0.15, -0.1) is 0 Å².